The molecule has 1 heterocycles. The number of hydrogen-bond acceptors (Lipinski definition) is 4. The molecule has 1 amide bonds. The smallest absolute Gasteiger partial charge is 0.262 e. The standard InChI is InChI=1S/C17H19N3O2/c1-3-10-18-16-9-6-14(11-19-16)20-17(21)12-22-15-7-4-13(2)5-8-15/h3-9,11H,1,10,12H2,2H3,(H,18,19)(H,20,21). The minimum Gasteiger partial charge on any atom is -0.484 e. The summed E-state index contributed by atoms with van der Waals surface area (Å²) in [6, 6.07) is 11.1. The first-order chi connectivity index (χ1) is 10.7. The van der Waals surface area contributed by atoms with Gasteiger partial charge in [0.15, 0.2) is 6.61 Å². The summed E-state index contributed by atoms with van der Waals surface area (Å²) in [7, 11) is 0. The largest absolute Gasteiger partial charge is 0.484 e. The summed E-state index contributed by atoms with van der Waals surface area (Å²) in [4.78, 5) is 16.0. The van der Waals surface area contributed by atoms with Gasteiger partial charge in [0, 0.05) is 6.54 Å². The quantitative estimate of drug-likeness (QED) is 0.771. The number of carbonyl (C=O) groups is 1. The Morgan fingerprint density at radius 2 is 2.05 bits per heavy atom. The van der Waals surface area contributed by atoms with E-state index in [9.17, 15) is 4.79 Å². The second-order valence-electron chi connectivity index (χ2n) is 4.75. The Kier molecular flexibility index (Phi) is 5.54. The third-order valence-electron chi connectivity index (χ3n) is 2.87. The first kappa shape index (κ1) is 15.6. The second-order valence-corrected chi connectivity index (χ2v) is 4.75. The van der Waals surface area contributed by atoms with Crippen molar-refractivity contribution in [2.24, 2.45) is 0 Å². The van der Waals surface area contributed by atoms with Crippen molar-refractivity contribution in [3.8, 4) is 5.75 Å². The van der Waals surface area contributed by atoms with Crippen LogP contribution in [0.15, 0.2) is 55.3 Å². The van der Waals surface area contributed by atoms with E-state index in [-0.39, 0.29) is 12.5 Å². The Morgan fingerprint density at radius 1 is 1.27 bits per heavy atom. The Morgan fingerprint density at radius 3 is 2.68 bits per heavy atom. The van der Waals surface area contributed by atoms with Crippen molar-refractivity contribution in [1.29, 1.82) is 0 Å². The molecule has 0 saturated carbocycles. The van der Waals surface area contributed by atoms with E-state index in [1.165, 1.54) is 0 Å². The number of benzene rings is 1. The molecular weight excluding hydrogens is 278 g/mol. The van der Waals surface area contributed by atoms with E-state index in [1.807, 2.05) is 31.2 Å². The predicted molar refractivity (Wildman–Crippen MR) is 88.2 cm³/mol. The van der Waals surface area contributed by atoms with Crippen LogP contribution in [-0.4, -0.2) is 24.0 Å². The number of carbonyl (C=O) groups excluding carboxylic acids is 1. The van der Waals surface area contributed by atoms with E-state index in [0.717, 1.165) is 11.4 Å². The first-order valence-corrected chi connectivity index (χ1v) is 6.97. The maximum Gasteiger partial charge on any atom is 0.262 e. The predicted octanol–water partition coefficient (Wildman–Crippen LogP) is 3.01. The Balaban J connectivity index is 1.81. The highest BCUT2D eigenvalue weighted by molar-refractivity contribution is 5.91. The highest BCUT2D eigenvalue weighted by Gasteiger charge is 2.04. The Hall–Kier alpha value is -2.82. The molecule has 1 aromatic carbocycles. The number of anilines is 2. The normalized spacial score (nSPS) is 9.86. The topological polar surface area (TPSA) is 63.2 Å². The van der Waals surface area contributed by atoms with Crippen LogP contribution in [0.2, 0.25) is 0 Å². The van der Waals surface area contributed by atoms with Crippen molar-refractivity contribution >= 4 is 17.4 Å². The number of hydrogen-bond donors (Lipinski definition) is 2. The minimum atomic E-state index is -0.228. The highest BCUT2D eigenvalue weighted by Crippen LogP contribution is 2.12. The molecule has 2 rings (SSSR count). The van der Waals surface area contributed by atoms with Crippen LogP contribution in [0.5, 0.6) is 5.75 Å². The number of ether oxygens (including phenoxy) is 1. The van der Waals surface area contributed by atoms with Crippen molar-refractivity contribution in [1.82, 2.24) is 4.98 Å². The van der Waals surface area contributed by atoms with Crippen LogP contribution >= 0.6 is 0 Å². The second kappa shape index (κ2) is 7.83. The van der Waals surface area contributed by atoms with Crippen molar-refractivity contribution in [2.45, 2.75) is 6.92 Å². The van der Waals surface area contributed by atoms with E-state index in [2.05, 4.69) is 22.2 Å². The SMILES string of the molecule is C=CCNc1ccc(NC(=O)COc2ccc(C)cc2)cn1. The summed E-state index contributed by atoms with van der Waals surface area (Å²) in [6.07, 6.45) is 3.34. The van der Waals surface area contributed by atoms with Crippen molar-refractivity contribution < 1.29 is 9.53 Å². The molecule has 22 heavy (non-hydrogen) atoms. The Bertz CT molecular complexity index is 621. The summed E-state index contributed by atoms with van der Waals surface area (Å²) in [6.45, 7) is 6.22. The van der Waals surface area contributed by atoms with Crippen LogP contribution in [0.1, 0.15) is 5.56 Å². The summed E-state index contributed by atoms with van der Waals surface area (Å²) >= 11 is 0. The number of nitrogens with zero attached hydrogens (tertiary/aromatic N) is 1. The van der Waals surface area contributed by atoms with Gasteiger partial charge in [-0.15, -0.1) is 6.58 Å². The fourth-order valence-electron chi connectivity index (χ4n) is 1.73. The molecule has 1 aromatic heterocycles. The minimum absolute atomic E-state index is 0.0421. The van der Waals surface area contributed by atoms with Gasteiger partial charge in [-0.25, -0.2) is 4.98 Å². The Labute approximate surface area is 130 Å². The molecule has 0 saturated heterocycles. The molecule has 0 fully saturated rings. The van der Waals surface area contributed by atoms with Crippen LogP contribution in [-0.2, 0) is 4.79 Å². The number of pyridine rings is 1. The van der Waals surface area contributed by atoms with Crippen molar-refractivity contribution in [3.05, 3.63) is 60.8 Å². The molecule has 0 aliphatic rings. The molecule has 114 valence electrons. The fourth-order valence-corrected chi connectivity index (χ4v) is 1.73. The lowest BCUT2D eigenvalue weighted by molar-refractivity contribution is -0.118. The number of aromatic nitrogens is 1. The molecule has 5 nitrogen and oxygen atoms in total. The van der Waals surface area contributed by atoms with Gasteiger partial charge in [0.1, 0.15) is 11.6 Å². The third kappa shape index (κ3) is 4.94. The van der Waals surface area contributed by atoms with Gasteiger partial charge in [0.2, 0.25) is 0 Å². The maximum atomic E-state index is 11.8. The van der Waals surface area contributed by atoms with Gasteiger partial charge in [-0.3, -0.25) is 4.79 Å². The molecule has 0 aliphatic heterocycles. The summed E-state index contributed by atoms with van der Waals surface area (Å²) in [5, 5.41) is 5.79. The van der Waals surface area contributed by atoms with Crippen LogP contribution in [0.3, 0.4) is 0 Å². The zero-order valence-electron chi connectivity index (χ0n) is 12.5. The monoisotopic (exact) mass is 297 g/mol. The van der Waals surface area contributed by atoms with Gasteiger partial charge in [-0.2, -0.15) is 0 Å². The average Bonchev–Trinajstić information content (AvgIpc) is 2.54. The molecule has 2 aromatic rings. The highest BCUT2D eigenvalue weighted by atomic mass is 16.5. The van der Waals surface area contributed by atoms with Crippen LogP contribution < -0.4 is 15.4 Å². The maximum absolute atomic E-state index is 11.8. The molecule has 0 spiro atoms. The molecule has 5 heteroatoms. The van der Waals surface area contributed by atoms with Crippen LogP contribution in [0, 0.1) is 6.92 Å². The number of amides is 1. The summed E-state index contributed by atoms with van der Waals surface area (Å²) < 4.78 is 5.42. The fraction of sp³-hybridized carbons (Fsp3) is 0.176. The van der Waals surface area contributed by atoms with Gasteiger partial charge in [0.05, 0.1) is 11.9 Å². The van der Waals surface area contributed by atoms with Crippen LogP contribution in [0.25, 0.3) is 0 Å². The number of aryl methyl sites for hydroxylation is 1. The van der Waals surface area contributed by atoms with E-state index in [1.54, 1.807) is 24.4 Å². The molecule has 0 atom stereocenters. The molecule has 0 bridgehead atoms. The van der Waals surface area contributed by atoms with Crippen molar-refractivity contribution in [2.75, 3.05) is 23.8 Å². The average molecular weight is 297 g/mol. The van der Waals surface area contributed by atoms with Gasteiger partial charge < -0.3 is 15.4 Å². The van der Waals surface area contributed by atoms with Gasteiger partial charge >= 0.3 is 0 Å². The number of rotatable bonds is 7. The van der Waals surface area contributed by atoms with Crippen LogP contribution in [0.4, 0.5) is 11.5 Å². The first-order valence-electron chi connectivity index (χ1n) is 6.97. The third-order valence-corrected chi connectivity index (χ3v) is 2.87. The lowest BCUT2D eigenvalue weighted by atomic mass is 10.2. The van der Waals surface area contributed by atoms with E-state index < -0.39 is 0 Å². The molecular formula is C17H19N3O2. The molecule has 0 radical (unpaired) electrons. The molecule has 2 N–H and O–H groups in total. The lowest BCUT2D eigenvalue weighted by Crippen LogP contribution is -2.20. The van der Waals surface area contributed by atoms with E-state index in [4.69, 9.17) is 4.74 Å². The van der Waals surface area contributed by atoms with Gasteiger partial charge in [-0.05, 0) is 31.2 Å². The molecule has 0 aliphatic carbocycles. The number of nitrogens with one attached hydrogen (secondary N) is 2. The molecule has 0 unspecified atom stereocenters. The van der Waals surface area contributed by atoms with E-state index >= 15 is 0 Å². The van der Waals surface area contributed by atoms with Crippen molar-refractivity contribution in [3.63, 3.8) is 0 Å². The van der Waals surface area contributed by atoms with Gasteiger partial charge in [0.25, 0.3) is 5.91 Å². The summed E-state index contributed by atoms with van der Waals surface area (Å²) in [5.41, 5.74) is 1.77. The van der Waals surface area contributed by atoms with E-state index in [0.29, 0.717) is 18.0 Å². The zero-order chi connectivity index (χ0) is 15.8. The zero-order valence-corrected chi connectivity index (χ0v) is 12.5. The summed E-state index contributed by atoms with van der Waals surface area (Å²) in [5.74, 6) is 1.17. The lowest BCUT2D eigenvalue weighted by Gasteiger charge is -2.08. The van der Waals surface area contributed by atoms with Gasteiger partial charge in [-0.1, -0.05) is 23.8 Å².